The normalized spacial score (nSPS) is 18.4. The topological polar surface area (TPSA) is 69.6 Å². The summed E-state index contributed by atoms with van der Waals surface area (Å²) in [5.41, 5.74) is 1.02. The lowest BCUT2D eigenvalue weighted by molar-refractivity contribution is -0.141. The quantitative estimate of drug-likeness (QED) is 0.862. The second kappa shape index (κ2) is 5.26. The molecule has 1 aliphatic heterocycles. The summed E-state index contributed by atoms with van der Waals surface area (Å²) in [7, 11) is 0. The van der Waals surface area contributed by atoms with Gasteiger partial charge in [-0.15, -0.1) is 0 Å². The summed E-state index contributed by atoms with van der Waals surface area (Å²) >= 11 is 0. The maximum absolute atomic E-state index is 13.2. The number of carbonyl (C=O) groups is 2. The number of nitrogens with zero attached hydrogens (tertiary/aromatic N) is 1. The number of carbonyl (C=O) groups excluding carboxylic acids is 1. The van der Waals surface area contributed by atoms with Crippen molar-refractivity contribution in [2.45, 2.75) is 25.8 Å². The van der Waals surface area contributed by atoms with Gasteiger partial charge in [0.15, 0.2) is 0 Å². The summed E-state index contributed by atoms with van der Waals surface area (Å²) in [5.74, 6) is -1.45. The zero-order valence-corrected chi connectivity index (χ0v) is 10.5. The largest absolute Gasteiger partial charge is 0.480 e. The van der Waals surface area contributed by atoms with Crippen molar-refractivity contribution in [1.29, 1.82) is 0 Å². The lowest BCUT2D eigenvalue weighted by Gasteiger charge is -2.21. The molecule has 102 valence electrons. The van der Waals surface area contributed by atoms with Crippen LogP contribution in [0.25, 0.3) is 0 Å². The summed E-state index contributed by atoms with van der Waals surface area (Å²) in [5, 5.41) is 11.5. The van der Waals surface area contributed by atoms with E-state index in [1.807, 2.05) is 0 Å². The second-order valence-electron chi connectivity index (χ2n) is 4.64. The van der Waals surface area contributed by atoms with Crippen LogP contribution >= 0.6 is 0 Å². The van der Waals surface area contributed by atoms with Gasteiger partial charge < -0.3 is 15.3 Å². The van der Waals surface area contributed by atoms with E-state index in [0.29, 0.717) is 30.6 Å². The molecule has 1 aliphatic rings. The van der Waals surface area contributed by atoms with Gasteiger partial charge in [-0.25, -0.2) is 14.0 Å². The molecule has 1 heterocycles. The van der Waals surface area contributed by atoms with Crippen LogP contribution in [-0.2, 0) is 4.79 Å². The molecule has 1 atom stereocenters. The molecular formula is C13H15FN2O3. The van der Waals surface area contributed by atoms with Crippen molar-refractivity contribution in [2.24, 2.45) is 0 Å². The third kappa shape index (κ3) is 3.01. The fraction of sp³-hybridized carbons (Fsp3) is 0.385. The minimum atomic E-state index is -1.01. The first-order valence-electron chi connectivity index (χ1n) is 6.05. The highest BCUT2D eigenvalue weighted by molar-refractivity contribution is 5.92. The van der Waals surface area contributed by atoms with Gasteiger partial charge in [-0.2, -0.15) is 0 Å². The molecule has 0 radical (unpaired) electrons. The minimum Gasteiger partial charge on any atom is -0.480 e. The maximum Gasteiger partial charge on any atom is 0.326 e. The van der Waals surface area contributed by atoms with Gasteiger partial charge in [0.2, 0.25) is 0 Å². The Kier molecular flexibility index (Phi) is 3.69. The molecule has 5 nitrogen and oxygen atoms in total. The van der Waals surface area contributed by atoms with E-state index in [4.69, 9.17) is 5.11 Å². The number of carboxylic acids is 1. The van der Waals surface area contributed by atoms with Crippen LogP contribution in [0.3, 0.4) is 0 Å². The number of urea groups is 1. The summed E-state index contributed by atoms with van der Waals surface area (Å²) < 4.78 is 13.2. The Morgan fingerprint density at radius 2 is 2.16 bits per heavy atom. The van der Waals surface area contributed by atoms with Crippen LogP contribution in [0, 0.1) is 12.7 Å². The van der Waals surface area contributed by atoms with E-state index in [9.17, 15) is 14.0 Å². The summed E-state index contributed by atoms with van der Waals surface area (Å²) in [6, 6.07) is 2.89. The predicted octanol–water partition coefficient (Wildman–Crippen LogP) is 2.22. The molecule has 0 aromatic heterocycles. The average Bonchev–Trinajstić information content (AvgIpc) is 2.75. The number of hydrogen-bond acceptors (Lipinski definition) is 2. The molecule has 2 rings (SSSR count). The lowest BCUT2D eigenvalue weighted by Crippen LogP contribution is -2.42. The zero-order chi connectivity index (χ0) is 14.0. The first-order valence-corrected chi connectivity index (χ1v) is 6.05. The van der Waals surface area contributed by atoms with E-state index >= 15 is 0 Å². The Morgan fingerprint density at radius 1 is 1.42 bits per heavy atom. The third-order valence-electron chi connectivity index (χ3n) is 3.09. The fourth-order valence-corrected chi connectivity index (χ4v) is 2.27. The smallest absolute Gasteiger partial charge is 0.326 e. The van der Waals surface area contributed by atoms with Crippen molar-refractivity contribution < 1.29 is 19.1 Å². The molecule has 2 amide bonds. The van der Waals surface area contributed by atoms with Crippen molar-refractivity contribution in [3.63, 3.8) is 0 Å². The lowest BCUT2D eigenvalue weighted by atomic mass is 10.2. The average molecular weight is 266 g/mol. The van der Waals surface area contributed by atoms with Crippen molar-refractivity contribution in [3.05, 3.63) is 29.6 Å². The summed E-state index contributed by atoms with van der Waals surface area (Å²) in [6.45, 7) is 2.12. The molecule has 0 saturated carbocycles. The van der Waals surface area contributed by atoms with Gasteiger partial charge in [0.1, 0.15) is 11.9 Å². The Labute approximate surface area is 110 Å². The molecule has 0 unspecified atom stereocenters. The van der Waals surface area contributed by atoms with Crippen LogP contribution < -0.4 is 5.32 Å². The van der Waals surface area contributed by atoms with Gasteiger partial charge in [-0.05, 0) is 43.5 Å². The van der Waals surface area contributed by atoms with Crippen LogP contribution in [0.2, 0.25) is 0 Å². The number of aryl methyl sites for hydroxylation is 1. The highest BCUT2D eigenvalue weighted by atomic mass is 19.1. The molecular weight excluding hydrogens is 251 g/mol. The number of amides is 2. The minimum absolute atomic E-state index is 0.332. The highest BCUT2D eigenvalue weighted by Gasteiger charge is 2.33. The monoisotopic (exact) mass is 266 g/mol. The Morgan fingerprint density at radius 3 is 2.79 bits per heavy atom. The van der Waals surface area contributed by atoms with Gasteiger partial charge in [-0.3, -0.25) is 0 Å². The number of likely N-dealkylation sites (tertiary alicyclic amines) is 1. The standard InChI is InChI=1S/C13H15FN2O3/c1-8-5-9(14)7-10(6-8)15-13(19)16-4-2-3-11(16)12(17)18/h5-7,11H,2-4H2,1H3,(H,15,19)(H,17,18)/t11-/m1/s1. The van der Waals surface area contributed by atoms with Crippen LogP contribution in [0.1, 0.15) is 18.4 Å². The Bertz CT molecular complexity index is 498. The molecule has 1 aromatic carbocycles. The SMILES string of the molecule is Cc1cc(F)cc(NC(=O)N2CCC[C@@H]2C(=O)O)c1. The van der Waals surface area contributed by atoms with Crippen molar-refractivity contribution in [1.82, 2.24) is 4.90 Å². The van der Waals surface area contributed by atoms with Gasteiger partial charge in [-0.1, -0.05) is 0 Å². The molecule has 2 N–H and O–H groups in total. The second-order valence-corrected chi connectivity index (χ2v) is 4.64. The van der Waals surface area contributed by atoms with Gasteiger partial charge in [0, 0.05) is 12.2 Å². The number of rotatable bonds is 2. The zero-order valence-electron chi connectivity index (χ0n) is 10.5. The van der Waals surface area contributed by atoms with Crippen LogP contribution in [-0.4, -0.2) is 34.6 Å². The van der Waals surface area contributed by atoms with Crippen LogP contribution in [0.5, 0.6) is 0 Å². The molecule has 1 fully saturated rings. The predicted molar refractivity (Wildman–Crippen MR) is 67.5 cm³/mol. The fourth-order valence-electron chi connectivity index (χ4n) is 2.27. The Hall–Kier alpha value is -2.11. The molecule has 0 spiro atoms. The number of anilines is 1. The maximum atomic E-state index is 13.2. The van der Waals surface area contributed by atoms with E-state index in [-0.39, 0.29) is 0 Å². The van der Waals surface area contributed by atoms with Crippen LogP contribution in [0.4, 0.5) is 14.9 Å². The highest BCUT2D eigenvalue weighted by Crippen LogP contribution is 2.20. The number of halogens is 1. The Balaban J connectivity index is 2.10. The van der Waals surface area contributed by atoms with E-state index < -0.39 is 23.9 Å². The molecule has 1 aromatic rings. The van der Waals surface area contributed by atoms with Crippen LogP contribution in [0.15, 0.2) is 18.2 Å². The van der Waals surface area contributed by atoms with Gasteiger partial charge in [0.25, 0.3) is 0 Å². The molecule has 6 heteroatoms. The van der Waals surface area contributed by atoms with E-state index in [2.05, 4.69) is 5.32 Å². The molecule has 1 saturated heterocycles. The molecule has 19 heavy (non-hydrogen) atoms. The van der Waals surface area contributed by atoms with Crippen molar-refractivity contribution in [3.8, 4) is 0 Å². The first kappa shape index (κ1) is 13.3. The van der Waals surface area contributed by atoms with E-state index in [1.165, 1.54) is 17.0 Å². The van der Waals surface area contributed by atoms with Crippen molar-refractivity contribution >= 4 is 17.7 Å². The number of hydrogen-bond donors (Lipinski definition) is 2. The summed E-state index contributed by atoms with van der Waals surface area (Å²) in [4.78, 5) is 24.2. The van der Waals surface area contributed by atoms with Gasteiger partial charge in [0.05, 0.1) is 0 Å². The van der Waals surface area contributed by atoms with E-state index in [0.717, 1.165) is 0 Å². The first-order chi connectivity index (χ1) is 8.97. The van der Waals surface area contributed by atoms with E-state index in [1.54, 1.807) is 13.0 Å². The molecule has 0 aliphatic carbocycles. The number of benzene rings is 1. The number of nitrogens with one attached hydrogen (secondary N) is 1. The number of carboxylic acid groups (broad SMARTS) is 1. The number of aliphatic carboxylic acids is 1. The third-order valence-corrected chi connectivity index (χ3v) is 3.09. The van der Waals surface area contributed by atoms with Gasteiger partial charge >= 0.3 is 12.0 Å². The molecule has 0 bridgehead atoms. The van der Waals surface area contributed by atoms with Crippen molar-refractivity contribution in [2.75, 3.05) is 11.9 Å². The summed E-state index contributed by atoms with van der Waals surface area (Å²) in [6.07, 6.45) is 1.11.